The van der Waals surface area contributed by atoms with Gasteiger partial charge in [0, 0.05) is 6.61 Å². The Labute approximate surface area is 126 Å². The molecule has 0 aromatic carbocycles. The van der Waals surface area contributed by atoms with Crippen LogP contribution in [0.25, 0.3) is 0 Å². The fourth-order valence-corrected chi connectivity index (χ4v) is 3.09. The molecule has 6 heteroatoms. The highest BCUT2D eigenvalue weighted by Crippen LogP contribution is 2.39. The monoisotopic (exact) mass is 339 g/mol. The maximum atomic E-state index is 12.1. The summed E-state index contributed by atoms with van der Waals surface area (Å²) in [5, 5.41) is 7.57. The van der Waals surface area contributed by atoms with Crippen LogP contribution in [-0.4, -0.2) is 28.5 Å². The number of ether oxygens (including phenoxy) is 1. The van der Waals surface area contributed by atoms with Gasteiger partial charge in [-0.3, -0.25) is 4.79 Å². The van der Waals surface area contributed by atoms with E-state index in [1.54, 1.807) is 12.3 Å². The van der Waals surface area contributed by atoms with Crippen LogP contribution in [0, 0.1) is 5.92 Å². The third-order valence-corrected chi connectivity index (χ3v) is 4.62. The largest absolute Gasteiger partial charge is 0.377 e. The highest BCUT2D eigenvalue weighted by molar-refractivity contribution is 9.10. The zero-order chi connectivity index (χ0) is 14.1. The third kappa shape index (κ3) is 2.67. The number of rotatable bonds is 5. The van der Waals surface area contributed by atoms with E-state index >= 15 is 0 Å². The number of hydrogen-bond donors (Lipinski definition) is 1. The summed E-state index contributed by atoms with van der Waals surface area (Å²) in [7, 11) is 0. The smallest absolute Gasteiger partial charge is 0.283 e. The van der Waals surface area contributed by atoms with Gasteiger partial charge in [-0.05, 0) is 41.1 Å². The van der Waals surface area contributed by atoms with Crippen LogP contribution in [0.2, 0.25) is 0 Å². The first-order valence-corrected chi connectivity index (χ1v) is 7.74. The van der Waals surface area contributed by atoms with Gasteiger partial charge in [0.15, 0.2) is 0 Å². The molecule has 1 saturated heterocycles. The molecule has 0 spiro atoms. The fourth-order valence-electron chi connectivity index (χ4n) is 2.67. The average molecular weight is 340 g/mol. The van der Waals surface area contributed by atoms with Crippen molar-refractivity contribution in [3.8, 4) is 0 Å². The molecule has 2 unspecified atom stereocenters. The van der Waals surface area contributed by atoms with Crippen LogP contribution in [0.1, 0.15) is 19.3 Å². The Kier molecular flexibility index (Phi) is 3.94. The number of allylic oxidation sites excluding steroid dienone is 1. The summed E-state index contributed by atoms with van der Waals surface area (Å²) in [6.45, 7) is 4.82. The number of halogens is 1. The normalized spacial score (nSPS) is 25.6. The van der Waals surface area contributed by atoms with Crippen LogP contribution in [0.15, 0.2) is 28.1 Å². The van der Waals surface area contributed by atoms with E-state index in [0.717, 1.165) is 18.7 Å². The molecule has 2 fully saturated rings. The highest BCUT2D eigenvalue weighted by atomic mass is 79.9. The standard InChI is InChI=1S/C14H18BrN3O2/c1-2-6-18-14(19)12(15)11(8-16-18)17-10-5-7-20-13(10)9-3-4-9/h2,8-10,13,17H,1,3-7H2. The number of anilines is 1. The van der Waals surface area contributed by atoms with Crippen LogP contribution < -0.4 is 10.9 Å². The summed E-state index contributed by atoms with van der Waals surface area (Å²) in [5.74, 6) is 0.683. The molecule has 0 radical (unpaired) electrons. The Morgan fingerprint density at radius 2 is 2.35 bits per heavy atom. The van der Waals surface area contributed by atoms with Gasteiger partial charge in [-0.15, -0.1) is 6.58 Å². The van der Waals surface area contributed by atoms with Gasteiger partial charge < -0.3 is 10.1 Å². The lowest BCUT2D eigenvalue weighted by atomic mass is 10.1. The van der Waals surface area contributed by atoms with E-state index in [0.29, 0.717) is 16.9 Å². The minimum atomic E-state index is -0.142. The number of nitrogens with one attached hydrogen (secondary N) is 1. The Balaban J connectivity index is 1.78. The second kappa shape index (κ2) is 5.69. The van der Waals surface area contributed by atoms with Crippen LogP contribution in [0.3, 0.4) is 0 Å². The summed E-state index contributed by atoms with van der Waals surface area (Å²) in [6.07, 6.45) is 7.10. The van der Waals surface area contributed by atoms with Crippen molar-refractivity contribution in [2.75, 3.05) is 11.9 Å². The number of nitrogens with zero attached hydrogens (tertiary/aromatic N) is 2. The van der Waals surface area contributed by atoms with Gasteiger partial charge in [0.25, 0.3) is 5.56 Å². The van der Waals surface area contributed by atoms with Gasteiger partial charge in [0.2, 0.25) is 0 Å². The molecule has 2 aliphatic rings. The van der Waals surface area contributed by atoms with E-state index in [-0.39, 0.29) is 17.7 Å². The first-order valence-electron chi connectivity index (χ1n) is 6.95. The summed E-state index contributed by atoms with van der Waals surface area (Å²) >= 11 is 3.37. The van der Waals surface area contributed by atoms with E-state index in [4.69, 9.17) is 4.74 Å². The quantitative estimate of drug-likeness (QED) is 0.835. The SMILES string of the molecule is C=CCn1ncc(NC2CCOC2C2CC2)c(Br)c1=O. The first-order chi connectivity index (χ1) is 9.70. The Morgan fingerprint density at radius 1 is 1.55 bits per heavy atom. The van der Waals surface area contributed by atoms with Crippen molar-refractivity contribution in [2.45, 2.75) is 38.0 Å². The van der Waals surface area contributed by atoms with Gasteiger partial charge in [-0.25, -0.2) is 4.68 Å². The Morgan fingerprint density at radius 3 is 3.05 bits per heavy atom. The molecule has 1 aliphatic heterocycles. The molecule has 2 atom stereocenters. The van der Waals surface area contributed by atoms with Crippen molar-refractivity contribution in [3.05, 3.63) is 33.7 Å². The average Bonchev–Trinajstić information content (AvgIpc) is 3.19. The van der Waals surface area contributed by atoms with Crippen LogP contribution >= 0.6 is 15.9 Å². The van der Waals surface area contributed by atoms with Crippen LogP contribution in [0.5, 0.6) is 0 Å². The number of hydrogen-bond acceptors (Lipinski definition) is 4. The third-order valence-electron chi connectivity index (χ3n) is 3.85. The maximum absolute atomic E-state index is 12.1. The zero-order valence-electron chi connectivity index (χ0n) is 11.2. The molecule has 3 rings (SSSR count). The molecule has 20 heavy (non-hydrogen) atoms. The highest BCUT2D eigenvalue weighted by Gasteiger charge is 2.40. The molecule has 1 saturated carbocycles. The molecule has 2 heterocycles. The predicted octanol–water partition coefficient (Wildman–Crippen LogP) is 2.17. The van der Waals surface area contributed by atoms with Crippen molar-refractivity contribution in [2.24, 2.45) is 5.92 Å². The molecule has 1 aromatic rings. The zero-order valence-corrected chi connectivity index (χ0v) is 12.8. The van der Waals surface area contributed by atoms with Crippen LogP contribution in [0.4, 0.5) is 5.69 Å². The summed E-state index contributed by atoms with van der Waals surface area (Å²) in [6, 6.07) is 0.273. The number of aromatic nitrogens is 2. The van der Waals surface area contributed by atoms with Crippen molar-refractivity contribution < 1.29 is 4.74 Å². The van der Waals surface area contributed by atoms with Gasteiger partial charge in [-0.1, -0.05) is 6.08 Å². The summed E-state index contributed by atoms with van der Waals surface area (Å²) in [5.41, 5.74) is 0.605. The molecule has 5 nitrogen and oxygen atoms in total. The van der Waals surface area contributed by atoms with E-state index in [1.165, 1.54) is 17.5 Å². The summed E-state index contributed by atoms with van der Waals surface area (Å²) < 4.78 is 7.70. The van der Waals surface area contributed by atoms with Gasteiger partial charge in [-0.2, -0.15) is 5.10 Å². The lowest BCUT2D eigenvalue weighted by Crippen LogP contribution is -2.32. The molecular formula is C14H18BrN3O2. The van der Waals surface area contributed by atoms with Crippen LogP contribution in [-0.2, 0) is 11.3 Å². The molecule has 1 N–H and O–H groups in total. The molecule has 1 aromatic heterocycles. The summed E-state index contributed by atoms with van der Waals surface area (Å²) in [4.78, 5) is 12.1. The molecule has 108 valence electrons. The molecule has 0 bridgehead atoms. The molecular weight excluding hydrogens is 322 g/mol. The van der Waals surface area contributed by atoms with E-state index in [2.05, 4.69) is 32.9 Å². The molecule has 1 aliphatic carbocycles. The van der Waals surface area contributed by atoms with Crippen molar-refractivity contribution >= 4 is 21.6 Å². The van der Waals surface area contributed by atoms with Crippen molar-refractivity contribution in [3.63, 3.8) is 0 Å². The Bertz CT molecular complexity index is 568. The van der Waals surface area contributed by atoms with E-state index in [1.807, 2.05) is 0 Å². The Hall–Kier alpha value is -1.14. The predicted molar refractivity (Wildman–Crippen MR) is 80.9 cm³/mol. The van der Waals surface area contributed by atoms with Gasteiger partial charge in [0.1, 0.15) is 4.47 Å². The second-order valence-electron chi connectivity index (χ2n) is 5.36. The second-order valence-corrected chi connectivity index (χ2v) is 6.15. The first kappa shape index (κ1) is 13.8. The minimum absolute atomic E-state index is 0.142. The fraction of sp³-hybridized carbons (Fsp3) is 0.571. The topological polar surface area (TPSA) is 56.1 Å². The minimum Gasteiger partial charge on any atom is -0.377 e. The maximum Gasteiger partial charge on any atom is 0.283 e. The van der Waals surface area contributed by atoms with Crippen molar-refractivity contribution in [1.29, 1.82) is 0 Å². The van der Waals surface area contributed by atoms with E-state index in [9.17, 15) is 4.79 Å². The molecule has 0 amide bonds. The van der Waals surface area contributed by atoms with Crippen molar-refractivity contribution in [1.82, 2.24) is 9.78 Å². The lowest BCUT2D eigenvalue weighted by molar-refractivity contribution is 0.0898. The van der Waals surface area contributed by atoms with Gasteiger partial charge >= 0.3 is 0 Å². The van der Waals surface area contributed by atoms with E-state index < -0.39 is 0 Å². The van der Waals surface area contributed by atoms with Gasteiger partial charge in [0.05, 0.1) is 30.6 Å². The lowest BCUT2D eigenvalue weighted by Gasteiger charge is -2.21.